The normalized spacial score (nSPS) is 39.3. The molecule has 18 nitrogen and oxygen atoms in total. The van der Waals surface area contributed by atoms with Crippen LogP contribution in [0.2, 0.25) is 0 Å². The molecule has 0 spiro atoms. The smallest absolute Gasteiger partial charge is 0.225 e. The molecule has 2 heterocycles. The van der Waals surface area contributed by atoms with Crippen LogP contribution in [-0.4, -0.2) is 170 Å². The van der Waals surface area contributed by atoms with E-state index in [2.05, 4.69) is 31.3 Å². The Morgan fingerprint density at radius 2 is 1.45 bits per heavy atom. The van der Waals surface area contributed by atoms with Crippen molar-refractivity contribution in [3.8, 4) is 0 Å². The van der Waals surface area contributed by atoms with Gasteiger partial charge in [-0.15, -0.1) is 0 Å². The van der Waals surface area contributed by atoms with Crippen LogP contribution in [0.15, 0.2) is 5.11 Å². The second-order valence-electron chi connectivity index (χ2n) is 12.2. The van der Waals surface area contributed by atoms with Gasteiger partial charge in [-0.3, -0.25) is 4.79 Å². The highest BCUT2D eigenvalue weighted by molar-refractivity contribution is 5.78. The van der Waals surface area contributed by atoms with E-state index in [0.717, 1.165) is 0 Å². The summed E-state index contributed by atoms with van der Waals surface area (Å²) in [6.07, 6.45) is -4.47. The molecule has 1 aliphatic carbocycles. The molecule has 3 rings (SSSR count). The molecule has 0 radical (unpaired) electrons. The van der Waals surface area contributed by atoms with E-state index in [1.165, 1.54) is 7.11 Å². The summed E-state index contributed by atoms with van der Waals surface area (Å²) in [6.45, 7) is -0.842. The molecule has 5 unspecified atom stereocenters. The van der Waals surface area contributed by atoms with E-state index in [9.17, 15) is 25.2 Å². The van der Waals surface area contributed by atoms with Gasteiger partial charge in [0, 0.05) is 87.1 Å². The van der Waals surface area contributed by atoms with Crippen LogP contribution in [0.5, 0.6) is 0 Å². The first kappa shape index (κ1) is 39.7. The van der Waals surface area contributed by atoms with Crippen LogP contribution < -0.4 is 21.3 Å². The summed E-state index contributed by atoms with van der Waals surface area (Å²) in [7, 11) is 8.50. The van der Waals surface area contributed by atoms with Crippen LogP contribution in [0.3, 0.4) is 0 Å². The summed E-state index contributed by atoms with van der Waals surface area (Å²) < 4.78 is 37.1. The molecule has 47 heavy (non-hydrogen) atoms. The largest absolute Gasteiger partial charge is 0.396 e. The van der Waals surface area contributed by atoms with Crippen LogP contribution in [0.1, 0.15) is 6.42 Å². The Morgan fingerprint density at radius 1 is 0.830 bits per heavy atom. The van der Waals surface area contributed by atoms with Gasteiger partial charge in [0.2, 0.25) is 5.91 Å². The number of aliphatic hydroxyl groups excluding tert-OH is 4. The zero-order chi connectivity index (χ0) is 34.5. The molecule has 18 heteroatoms. The lowest BCUT2D eigenvalue weighted by Gasteiger charge is -2.51. The zero-order valence-corrected chi connectivity index (χ0v) is 27.9. The number of carbonyl (C=O) groups is 1. The van der Waals surface area contributed by atoms with E-state index in [-0.39, 0.29) is 63.7 Å². The first-order valence-electron chi connectivity index (χ1n) is 16.1. The predicted molar refractivity (Wildman–Crippen MR) is 167 cm³/mol. The summed E-state index contributed by atoms with van der Waals surface area (Å²) >= 11 is 0. The molecule has 1 amide bonds. The molecule has 0 aromatic rings. The Kier molecular flexibility index (Phi) is 16.9. The summed E-state index contributed by atoms with van der Waals surface area (Å²) in [5.74, 6) is -2.88. The SMILES string of the molecule is CNC[C@H]1C(CO)[C@@H](O[C@H]2C(CO)[C@H](O[C@H]3OC(CNC(=O)CN=[N+]=[N-])[C@@H](CO)C(CO)[C@@H]3OC)C(NC)C[C@H]2NC)OC[C@@H]1OC. The third-order valence-corrected chi connectivity index (χ3v) is 9.93. The average molecular weight is 678 g/mol. The third-order valence-electron chi connectivity index (χ3n) is 9.93. The lowest BCUT2D eigenvalue weighted by atomic mass is 9.77. The van der Waals surface area contributed by atoms with Crippen LogP contribution in [0.4, 0.5) is 0 Å². The fourth-order valence-electron chi connectivity index (χ4n) is 7.36. The summed E-state index contributed by atoms with van der Waals surface area (Å²) in [5.41, 5.74) is 8.53. The minimum absolute atomic E-state index is 0.0489. The number of amides is 1. The number of ether oxygens (including phenoxy) is 6. The zero-order valence-electron chi connectivity index (χ0n) is 27.9. The molecule has 1 saturated carbocycles. The highest BCUT2D eigenvalue weighted by Gasteiger charge is 2.52. The molecular formula is C29H55N7O11. The minimum atomic E-state index is -1.07. The van der Waals surface area contributed by atoms with E-state index in [1.54, 1.807) is 14.2 Å². The molecule has 0 aromatic carbocycles. The topological polar surface area (TPSA) is 250 Å². The van der Waals surface area contributed by atoms with Crippen molar-refractivity contribution < 1.29 is 53.6 Å². The number of nitrogens with one attached hydrogen (secondary N) is 4. The molecule has 0 bridgehead atoms. The van der Waals surface area contributed by atoms with Gasteiger partial charge < -0.3 is 70.1 Å². The quantitative estimate of drug-likeness (QED) is 0.0413. The molecule has 2 saturated heterocycles. The van der Waals surface area contributed by atoms with Crippen molar-refractivity contribution in [2.75, 3.05) is 88.0 Å². The Hall–Kier alpha value is -1.74. The molecule has 3 fully saturated rings. The van der Waals surface area contributed by atoms with Gasteiger partial charge in [0.15, 0.2) is 12.6 Å². The number of hydrogen-bond acceptors (Lipinski definition) is 15. The molecule has 3 aliphatic rings. The van der Waals surface area contributed by atoms with Gasteiger partial charge in [0.25, 0.3) is 0 Å². The highest BCUT2D eigenvalue weighted by Crippen LogP contribution is 2.39. The third kappa shape index (κ3) is 9.49. The van der Waals surface area contributed by atoms with Crippen molar-refractivity contribution >= 4 is 5.91 Å². The number of hydrogen-bond donors (Lipinski definition) is 8. The summed E-state index contributed by atoms with van der Waals surface area (Å²) in [5, 5.41) is 57.6. The Labute approximate surface area is 275 Å². The second kappa shape index (κ2) is 20.1. The lowest BCUT2D eigenvalue weighted by molar-refractivity contribution is -0.320. The number of rotatable bonds is 18. The van der Waals surface area contributed by atoms with E-state index in [0.29, 0.717) is 13.0 Å². The highest BCUT2D eigenvalue weighted by atomic mass is 16.7. The maximum absolute atomic E-state index is 12.2. The predicted octanol–water partition coefficient (Wildman–Crippen LogP) is -2.86. The summed E-state index contributed by atoms with van der Waals surface area (Å²) in [4.78, 5) is 14.8. The van der Waals surface area contributed by atoms with Crippen molar-refractivity contribution in [2.24, 2.45) is 34.7 Å². The van der Waals surface area contributed by atoms with Gasteiger partial charge in [0.05, 0.1) is 44.2 Å². The lowest BCUT2D eigenvalue weighted by Crippen LogP contribution is -2.66. The Bertz CT molecular complexity index is 983. The fraction of sp³-hybridized carbons (Fsp3) is 0.966. The standard InChI is InChI=1S/C29H55N7O11/c1-31-7-15-18(12-39)28(44-14-23(15)42-4)46-25-19(13-40)26(21(33-3)6-20(25)32-2)47-29-27(43-5)17(11-38)16(10-37)22(45-29)8-34-24(41)9-35-36-30/h15-23,25-29,31-33,37-40H,6-14H2,1-5H3,(H,34,41)/t15-,16-,17?,18?,19?,20+,21?,22?,23-,25-,26-,27-,28+,29+/m0/s1. The van der Waals surface area contributed by atoms with E-state index < -0.39 is 73.1 Å². The minimum Gasteiger partial charge on any atom is -0.396 e. The number of nitrogens with zero attached hydrogens (tertiary/aromatic N) is 3. The number of carbonyl (C=O) groups excluding carboxylic acids is 1. The Balaban J connectivity index is 1.89. The molecular weight excluding hydrogens is 622 g/mol. The van der Waals surface area contributed by atoms with Gasteiger partial charge in [-0.05, 0) is 33.1 Å². The number of azide groups is 1. The molecule has 14 atom stereocenters. The van der Waals surface area contributed by atoms with Crippen molar-refractivity contribution in [2.45, 2.75) is 61.6 Å². The molecule has 0 aromatic heterocycles. The maximum atomic E-state index is 12.2. The molecule has 272 valence electrons. The number of methoxy groups -OCH3 is 2. The second-order valence-corrected chi connectivity index (χ2v) is 12.2. The average Bonchev–Trinajstić information content (AvgIpc) is 3.09. The van der Waals surface area contributed by atoms with Gasteiger partial charge in [-0.25, -0.2) is 0 Å². The van der Waals surface area contributed by atoms with E-state index in [4.69, 9.17) is 34.0 Å². The van der Waals surface area contributed by atoms with Crippen molar-refractivity contribution in [1.82, 2.24) is 21.3 Å². The number of likely N-dealkylation sites (N-methyl/N-ethyl adjacent to an activating group) is 2. The molecule has 8 N–H and O–H groups in total. The van der Waals surface area contributed by atoms with Gasteiger partial charge in [-0.2, -0.15) is 0 Å². The number of aliphatic hydroxyl groups is 4. The first-order valence-corrected chi connectivity index (χ1v) is 16.1. The van der Waals surface area contributed by atoms with Crippen molar-refractivity contribution in [1.29, 1.82) is 0 Å². The fourth-order valence-corrected chi connectivity index (χ4v) is 7.36. The maximum Gasteiger partial charge on any atom is 0.225 e. The van der Waals surface area contributed by atoms with Gasteiger partial charge in [0.1, 0.15) is 12.6 Å². The van der Waals surface area contributed by atoms with E-state index in [1.807, 2.05) is 14.1 Å². The van der Waals surface area contributed by atoms with Crippen molar-refractivity contribution in [3.63, 3.8) is 0 Å². The van der Waals surface area contributed by atoms with E-state index >= 15 is 0 Å². The monoisotopic (exact) mass is 677 g/mol. The van der Waals surface area contributed by atoms with Crippen LogP contribution >= 0.6 is 0 Å². The Morgan fingerprint density at radius 3 is 1.96 bits per heavy atom. The van der Waals surface area contributed by atoms with Crippen LogP contribution in [0.25, 0.3) is 10.4 Å². The molecule has 2 aliphatic heterocycles. The van der Waals surface area contributed by atoms with Gasteiger partial charge in [-0.1, -0.05) is 5.11 Å². The summed E-state index contributed by atoms with van der Waals surface area (Å²) in [6, 6.07) is -0.518. The van der Waals surface area contributed by atoms with Crippen LogP contribution in [0, 0.1) is 29.6 Å². The van der Waals surface area contributed by atoms with Crippen molar-refractivity contribution in [3.05, 3.63) is 10.4 Å². The first-order chi connectivity index (χ1) is 22.8. The van der Waals surface area contributed by atoms with Gasteiger partial charge >= 0.3 is 0 Å². The van der Waals surface area contributed by atoms with Crippen LogP contribution in [-0.2, 0) is 33.2 Å².